The number of hydrogen-bond donors (Lipinski definition) is 1. The number of nitrogens with one attached hydrogen (secondary N) is 1. The fourth-order valence-electron chi connectivity index (χ4n) is 4.22. The third kappa shape index (κ3) is 3.67. The molecule has 3 aromatic rings. The zero-order chi connectivity index (χ0) is 23.3. The van der Waals surface area contributed by atoms with E-state index in [1.807, 2.05) is 0 Å². The van der Waals surface area contributed by atoms with Crippen LogP contribution in [0.2, 0.25) is 0 Å². The van der Waals surface area contributed by atoms with Gasteiger partial charge in [-0.2, -0.15) is 13.2 Å². The largest absolute Gasteiger partial charge is 0.434 e. The van der Waals surface area contributed by atoms with Crippen molar-refractivity contribution in [2.75, 3.05) is 0 Å². The molecule has 0 aliphatic carbocycles. The minimum Gasteiger partial charge on any atom is -0.322 e. The third-order valence-electron chi connectivity index (χ3n) is 5.81. The molecule has 10 heteroatoms. The van der Waals surface area contributed by atoms with Crippen molar-refractivity contribution in [2.24, 2.45) is 0 Å². The molecule has 3 amide bonds. The minimum absolute atomic E-state index is 0.0863. The summed E-state index contributed by atoms with van der Waals surface area (Å²) in [5, 5.41) is 2.24. The minimum atomic E-state index is -4.62. The topological polar surface area (TPSA) is 84.3 Å². The van der Waals surface area contributed by atoms with Gasteiger partial charge in [-0.1, -0.05) is 24.3 Å². The molecule has 1 unspecified atom stereocenters. The van der Waals surface area contributed by atoms with Crippen molar-refractivity contribution in [1.29, 1.82) is 0 Å². The van der Waals surface area contributed by atoms with Crippen LogP contribution < -0.4 is 5.32 Å². The lowest BCUT2D eigenvalue weighted by Gasteiger charge is -2.29. The van der Waals surface area contributed by atoms with Gasteiger partial charge in [0.15, 0.2) is 5.69 Å². The number of benzene rings is 2. The monoisotopic (exact) mass is 454 g/mol. The molecule has 1 fully saturated rings. The third-order valence-corrected chi connectivity index (χ3v) is 5.81. The molecule has 1 saturated heterocycles. The van der Waals surface area contributed by atoms with Gasteiger partial charge in [0.25, 0.3) is 5.91 Å². The molecular weight excluding hydrogens is 437 g/mol. The van der Waals surface area contributed by atoms with Crippen LogP contribution in [0.1, 0.15) is 34.5 Å². The lowest BCUT2D eigenvalue weighted by atomic mass is 10.0. The number of halogens is 3. The molecule has 1 aromatic heterocycles. The predicted molar refractivity (Wildman–Crippen MR) is 110 cm³/mol. The van der Waals surface area contributed by atoms with Gasteiger partial charge in [0, 0.05) is 36.0 Å². The molecule has 2 aliphatic heterocycles. The van der Waals surface area contributed by atoms with Crippen LogP contribution in [0, 0.1) is 0 Å². The number of aromatic nitrogens is 2. The zero-order valence-corrected chi connectivity index (χ0v) is 17.1. The Morgan fingerprint density at radius 1 is 1.03 bits per heavy atom. The average molecular weight is 454 g/mol. The molecule has 2 aromatic carbocycles. The van der Waals surface area contributed by atoms with Crippen LogP contribution in [-0.2, 0) is 22.3 Å². The van der Waals surface area contributed by atoms with E-state index in [2.05, 4.69) is 10.3 Å². The number of amides is 3. The number of fused-ring (bicyclic) bond motifs is 1. The maximum absolute atomic E-state index is 13.4. The van der Waals surface area contributed by atoms with E-state index in [0.29, 0.717) is 22.4 Å². The molecule has 1 atom stereocenters. The predicted octanol–water partition coefficient (Wildman–Crippen LogP) is 3.32. The van der Waals surface area contributed by atoms with Crippen LogP contribution in [0.4, 0.5) is 13.2 Å². The number of imidazole rings is 1. The fourth-order valence-corrected chi connectivity index (χ4v) is 4.22. The van der Waals surface area contributed by atoms with Crippen LogP contribution in [-0.4, -0.2) is 38.2 Å². The number of imide groups is 1. The number of para-hydroxylation sites is 1. The highest BCUT2D eigenvalue weighted by molar-refractivity contribution is 6.05. The van der Waals surface area contributed by atoms with Crippen molar-refractivity contribution in [3.63, 3.8) is 0 Å². The first-order valence-electron chi connectivity index (χ1n) is 10.2. The van der Waals surface area contributed by atoms with E-state index in [0.717, 1.165) is 6.20 Å². The first-order valence-corrected chi connectivity index (χ1v) is 10.2. The van der Waals surface area contributed by atoms with E-state index in [1.54, 1.807) is 42.5 Å². The van der Waals surface area contributed by atoms with Crippen molar-refractivity contribution in [3.05, 3.63) is 71.5 Å². The zero-order valence-electron chi connectivity index (χ0n) is 17.1. The molecule has 5 rings (SSSR count). The Balaban J connectivity index is 1.53. The normalized spacial score (nSPS) is 18.5. The molecule has 7 nitrogen and oxygen atoms in total. The number of alkyl halides is 3. The van der Waals surface area contributed by atoms with E-state index in [9.17, 15) is 27.6 Å². The summed E-state index contributed by atoms with van der Waals surface area (Å²) < 4.78 is 41.6. The van der Waals surface area contributed by atoms with E-state index in [4.69, 9.17) is 0 Å². The first-order chi connectivity index (χ1) is 15.7. The summed E-state index contributed by atoms with van der Waals surface area (Å²) in [5.74, 6) is -1.17. The van der Waals surface area contributed by atoms with Gasteiger partial charge in [-0.25, -0.2) is 4.98 Å². The lowest BCUT2D eigenvalue weighted by Crippen LogP contribution is -2.52. The summed E-state index contributed by atoms with van der Waals surface area (Å²) >= 11 is 0. The SMILES string of the molecule is O=C1CCC(N2Cc3cc(-c4nc(C(F)(F)F)cn4-c4ccccc4)ccc3C2=O)C(=O)N1. The van der Waals surface area contributed by atoms with Crippen LogP contribution in [0.5, 0.6) is 0 Å². The average Bonchev–Trinajstić information content (AvgIpc) is 3.36. The number of nitrogens with zero attached hydrogens (tertiary/aromatic N) is 3. The smallest absolute Gasteiger partial charge is 0.322 e. The number of carbonyl (C=O) groups excluding carboxylic acids is 3. The fraction of sp³-hybridized carbons (Fsp3) is 0.217. The molecule has 0 radical (unpaired) electrons. The Bertz CT molecular complexity index is 1280. The van der Waals surface area contributed by atoms with E-state index >= 15 is 0 Å². The van der Waals surface area contributed by atoms with E-state index < -0.39 is 23.8 Å². The Labute approximate surface area is 185 Å². The van der Waals surface area contributed by atoms with Gasteiger partial charge in [-0.05, 0) is 36.2 Å². The lowest BCUT2D eigenvalue weighted by molar-refractivity contribution is -0.141. The Morgan fingerprint density at radius 3 is 2.48 bits per heavy atom. The molecule has 0 bridgehead atoms. The van der Waals surface area contributed by atoms with Gasteiger partial charge in [-0.15, -0.1) is 0 Å². The number of piperidine rings is 1. The van der Waals surface area contributed by atoms with Crippen LogP contribution in [0.15, 0.2) is 54.7 Å². The van der Waals surface area contributed by atoms with Crippen molar-refractivity contribution in [1.82, 2.24) is 19.8 Å². The second kappa shape index (κ2) is 7.58. The second-order valence-corrected chi connectivity index (χ2v) is 7.92. The Morgan fingerprint density at radius 2 is 1.79 bits per heavy atom. The Kier molecular flexibility index (Phi) is 4.80. The summed E-state index contributed by atoms with van der Waals surface area (Å²) in [7, 11) is 0. The van der Waals surface area contributed by atoms with Gasteiger partial charge in [-0.3, -0.25) is 24.3 Å². The molecular formula is C23H17F3N4O3. The van der Waals surface area contributed by atoms with Crippen molar-refractivity contribution in [2.45, 2.75) is 31.6 Å². The van der Waals surface area contributed by atoms with Crippen molar-refractivity contribution < 1.29 is 27.6 Å². The summed E-state index contributed by atoms with van der Waals surface area (Å²) in [6.07, 6.45) is -3.32. The maximum Gasteiger partial charge on any atom is 0.434 e. The number of hydrogen-bond acceptors (Lipinski definition) is 4. The molecule has 0 saturated carbocycles. The van der Waals surface area contributed by atoms with E-state index in [1.165, 1.54) is 15.5 Å². The quantitative estimate of drug-likeness (QED) is 0.616. The summed E-state index contributed by atoms with van der Waals surface area (Å²) in [6, 6.07) is 12.5. The highest BCUT2D eigenvalue weighted by Crippen LogP contribution is 2.35. The Hall–Kier alpha value is -3.95. The maximum atomic E-state index is 13.4. The molecule has 168 valence electrons. The van der Waals surface area contributed by atoms with Crippen LogP contribution in [0.25, 0.3) is 17.1 Å². The van der Waals surface area contributed by atoms with Gasteiger partial charge >= 0.3 is 6.18 Å². The summed E-state index contributed by atoms with van der Waals surface area (Å²) in [6.45, 7) is 0.118. The molecule has 3 heterocycles. The molecule has 1 N–H and O–H groups in total. The molecule has 33 heavy (non-hydrogen) atoms. The van der Waals surface area contributed by atoms with Crippen LogP contribution >= 0.6 is 0 Å². The summed E-state index contributed by atoms with van der Waals surface area (Å²) in [5.41, 5.74) is 0.849. The standard InChI is InChI=1S/C23H17F3N4O3/c24-23(25,26)18-12-29(15-4-2-1-3-5-15)20(27-18)13-6-7-16-14(10-13)11-30(22(16)33)17-8-9-19(31)28-21(17)32/h1-7,10,12,17H,8-9,11H2,(H,28,31,32). The molecule has 0 spiro atoms. The second-order valence-electron chi connectivity index (χ2n) is 7.92. The number of carbonyl (C=O) groups is 3. The van der Waals surface area contributed by atoms with Crippen molar-refractivity contribution >= 4 is 17.7 Å². The first kappa shape index (κ1) is 20.9. The van der Waals surface area contributed by atoms with Gasteiger partial charge < -0.3 is 4.90 Å². The number of rotatable bonds is 3. The summed E-state index contributed by atoms with van der Waals surface area (Å²) in [4.78, 5) is 41.8. The van der Waals surface area contributed by atoms with E-state index in [-0.39, 0.29) is 37.0 Å². The van der Waals surface area contributed by atoms with Gasteiger partial charge in [0.2, 0.25) is 11.8 Å². The molecule has 2 aliphatic rings. The van der Waals surface area contributed by atoms with Gasteiger partial charge in [0.05, 0.1) is 0 Å². The highest BCUT2D eigenvalue weighted by atomic mass is 19.4. The van der Waals surface area contributed by atoms with Crippen molar-refractivity contribution in [3.8, 4) is 17.1 Å². The van der Waals surface area contributed by atoms with Crippen LogP contribution in [0.3, 0.4) is 0 Å². The van der Waals surface area contributed by atoms with Gasteiger partial charge in [0.1, 0.15) is 11.9 Å². The highest BCUT2D eigenvalue weighted by Gasteiger charge is 2.39.